The number of thioether (sulfide) groups is 1. The molecular weight excluding hydrogens is 437 g/mol. The van der Waals surface area contributed by atoms with Crippen LogP contribution < -0.4 is 0 Å². The van der Waals surface area contributed by atoms with Crippen LogP contribution in [0.4, 0.5) is 4.39 Å². The van der Waals surface area contributed by atoms with Crippen molar-refractivity contribution in [2.24, 2.45) is 0 Å². The molecule has 4 rings (SSSR count). The lowest BCUT2D eigenvalue weighted by molar-refractivity contribution is 0.465. The number of hydrogen-bond donors (Lipinski definition) is 0. The largest absolute Gasteiger partial charge is 0.411 e. The second kappa shape index (κ2) is 7.69. The number of halogens is 2. The van der Waals surface area contributed by atoms with Crippen LogP contribution in [0.3, 0.4) is 0 Å². The molecule has 4 aromatic rings. The van der Waals surface area contributed by atoms with Crippen LogP contribution in [-0.4, -0.2) is 15.2 Å². The van der Waals surface area contributed by atoms with E-state index in [-0.39, 0.29) is 5.82 Å². The maximum absolute atomic E-state index is 13.0. The van der Waals surface area contributed by atoms with E-state index in [1.165, 1.54) is 35.2 Å². The first-order valence-electron chi connectivity index (χ1n) is 7.60. The summed E-state index contributed by atoms with van der Waals surface area (Å²) in [5, 5.41) is 11.5. The second-order valence-corrected chi connectivity index (χ2v) is 7.93. The molecule has 2 aromatic carbocycles. The van der Waals surface area contributed by atoms with Gasteiger partial charge in [0.15, 0.2) is 0 Å². The molecule has 0 saturated carbocycles. The first kappa shape index (κ1) is 17.4. The van der Waals surface area contributed by atoms with E-state index in [9.17, 15) is 4.39 Å². The smallest absolute Gasteiger partial charge is 0.277 e. The number of aromatic nitrogens is 3. The number of rotatable bonds is 5. The van der Waals surface area contributed by atoms with Crippen molar-refractivity contribution < 1.29 is 8.81 Å². The summed E-state index contributed by atoms with van der Waals surface area (Å²) < 4.78 is 19.6. The van der Waals surface area contributed by atoms with Crippen molar-refractivity contribution in [3.05, 3.63) is 69.9 Å². The minimum absolute atomic E-state index is 0.252. The van der Waals surface area contributed by atoms with Crippen LogP contribution in [0.1, 0.15) is 5.69 Å². The van der Waals surface area contributed by atoms with Gasteiger partial charge in [0.25, 0.3) is 5.22 Å². The van der Waals surface area contributed by atoms with Crippen molar-refractivity contribution in [3.63, 3.8) is 0 Å². The lowest BCUT2D eigenvalue weighted by atomic mass is 10.2. The molecule has 0 aliphatic rings. The van der Waals surface area contributed by atoms with Crippen molar-refractivity contribution in [1.29, 1.82) is 0 Å². The quantitative estimate of drug-likeness (QED) is 0.348. The van der Waals surface area contributed by atoms with Gasteiger partial charge in [-0.05, 0) is 52.3 Å². The van der Waals surface area contributed by atoms with Crippen LogP contribution in [0.25, 0.3) is 22.0 Å². The normalized spacial score (nSPS) is 11.0. The summed E-state index contributed by atoms with van der Waals surface area (Å²) in [7, 11) is 0. The van der Waals surface area contributed by atoms with Crippen molar-refractivity contribution in [1.82, 2.24) is 15.2 Å². The van der Waals surface area contributed by atoms with Crippen LogP contribution in [0, 0.1) is 5.82 Å². The van der Waals surface area contributed by atoms with Gasteiger partial charge < -0.3 is 4.42 Å². The molecule has 0 unspecified atom stereocenters. The monoisotopic (exact) mass is 447 g/mol. The molecule has 130 valence electrons. The highest BCUT2D eigenvalue weighted by molar-refractivity contribution is 9.10. The lowest BCUT2D eigenvalue weighted by Crippen LogP contribution is -1.82. The lowest BCUT2D eigenvalue weighted by Gasteiger charge is -1.97. The second-order valence-electron chi connectivity index (χ2n) is 5.29. The summed E-state index contributed by atoms with van der Waals surface area (Å²) in [5.41, 5.74) is 2.68. The minimum atomic E-state index is -0.252. The fourth-order valence-corrected chi connectivity index (χ4v) is 4.29. The molecule has 0 N–H and O–H groups in total. The summed E-state index contributed by atoms with van der Waals surface area (Å²) in [4.78, 5) is 4.58. The van der Waals surface area contributed by atoms with Crippen molar-refractivity contribution >= 4 is 39.0 Å². The Hall–Kier alpha value is -2.03. The highest BCUT2D eigenvalue weighted by Gasteiger charge is 2.13. The van der Waals surface area contributed by atoms with Crippen molar-refractivity contribution in [2.45, 2.75) is 11.0 Å². The Kier molecular flexibility index (Phi) is 5.14. The molecule has 8 heteroatoms. The van der Waals surface area contributed by atoms with Gasteiger partial charge in [-0.2, -0.15) is 0 Å². The van der Waals surface area contributed by atoms with Crippen molar-refractivity contribution in [2.75, 3.05) is 0 Å². The highest BCUT2D eigenvalue weighted by atomic mass is 79.9. The van der Waals surface area contributed by atoms with Crippen LogP contribution >= 0.6 is 39.0 Å². The number of thiazole rings is 1. The minimum Gasteiger partial charge on any atom is -0.411 e. The zero-order valence-corrected chi connectivity index (χ0v) is 16.4. The Morgan fingerprint density at radius 3 is 2.69 bits per heavy atom. The molecule has 0 amide bonds. The first-order valence-corrected chi connectivity index (χ1v) is 10.3. The van der Waals surface area contributed by atoms with Gasteiger partial charge in [-0.1, -0.05) is 23.9 Å². The zero-order valence-electron chi connectivity index (χ0n) is 13.2. The van der Waals surface area contributed by atoms with Gasteiger partial charge in [0.1, 0.15) is 10.8 Å². The standard InChI is InChI=1S/C18H11BrFN3OS2/c19-15-4-2-1-3-14(15)16-22-23-18(24-16)26-10-13-9-25-17(21-13)11-5-7-12(20)8-6-11/h1-9H,10H2. The van der Waals surface area contributed by atoms with Gasteiger partial charge in [-0.25, -0.2) is 9.37 Å². The Morgan fingerprint density at radius 1 is 1.08 bits per heavy atom. The Labute approximate surface area is 165 Å². The number of hydrogen-bond acceptors (Lipinski definition) is 6. The van der Waals surface area contributed by atoms with E-state index < -0.39 is 0 Å². The predicted molar refractivity (Wildman–Crippen MR) is 105 cm³/mol. The third-order valence-electron chi connectivity index (χ3n) is 3.50. The van der Waals surface area contributed by atoms with Gasteiger partial charge in [-0.15, -0.1) is 21.5 Å². The summed E-state index contributed by atoms with van der Waals surface area (Å²) in [6.07, 6.45) is 0. The maximum atomic E-state index is 13.0. The van der Waals surface area contributed by atoms with Gasteiger partial charge >= 0.3 is 0 Å². The van der Waals surface area contributed by atoms with Gasteiger partial charge in [0.2, 0.25) is 5.89 Å². The molecule has 0 saturated heterocycles. The molecule has 0 aliphatic carbocycles. The average Bonchev–Trinajstić information content (AvgIpc) is 3.30. The number of benzene rings is 2. The first-order chi connectivity index (χ1) is 12.7. The molecule has 0 spiro atoms. The topological polar surface area (TPSA) is 51.8 Å². The Balaban J connectivity index is 1.44. The molecule has 0 bridgehead atoms. The third-order valence-corrected chi connectivity index (χ3v) is 5.98. The third kappa shape index (κ3) is 3.87. The van der Waals surface area contributed by atoms with Crippen LogP contribution in [0.5, 0.6) is 0 Å². The zero-order chi connectivity index (χ0) is 17.9. The van der Waals surface area contributed by atoms with Gasteiger partial charge in [0, 0.05) is 21.2 Å². The van der Waals surface area contributed by atoms with Crippen LogP contribution in [0.15, 0.2) is 68.0 Å². The van der Waals surface area contributed by atoms with E-state index >= 15 is 0 Å². The fraction of sp³-hybridized carbons (Fsp3) is 0.0556. The fourth-order valence-electron chi connectivity index (χ4n) is 2.25. The van der Waals surface area contributed by atoms with E-state index in [1.807, 2.05) is 29.6 Å². The predicted octanol–water partition coefficient (Wildman–Crippen LogP) is 6.05. The molecule has 0 fully saturated rings. The molecule has 0 atom stereocenters. The Morgan fingerprint density at radius 2 is 1.88 bits per heavy atom. The Bertz CT molecular complexity index is 1030. The molecule has 2 aromatic heterocycles. The van der Waals surface area contributed by atoms with Gasteiger partial charge in [-0.3, -0.25) is 0 Å². The molecule has 0 radical (unpaired) electrons. The molecule has 4 nitrogen and oxygen atoms in total. The van der Waals surface area contributed by atoms with E-state index in [4.69, 9.17) is 4.42 Å². The molecular formula is C18H11BrFN3OS2. The van der Waals surface area contributed by atoms with E-state index in [1.54, 1.807) is 12.1 Å². The summed E-state index contributed by atoms with van der Waals surface area (Å²) in [5.74, 6) is 0.846. The SMILES string of the molecule is Fc1ccc(-c2nc(CSc3nnc(-c4ccccc4Br)o3)cs2)cc1. The van der Waals surface area contributed by atoms with Crippen LogP contribution in [0.2, 0.25) is 0 Å². The van der Waals surface area contributed by atoms with E-state index in [0.717, 1.165) is 26.3 Å². The maximum Gasteiger partial charge on any atom is 0.277 e. The van der Waals surface area contributed by atoms with Crippen molar-refractivity contribution in [3.8, 4) is 22.0 Å². The highest BCUT2D eigenvalue weighted by Crippen LogP contribution is 2.31. The molecule has 0 aliphatic heterocycles. The average molecular weight is 448 g/mol. The molecule has 26 heavy (non-hydrogen) atoms. The summed E-state index contributed by atoms with van der Waals surface area (Å²) in [6, 6.07) is 14.0. The van der Waals surface area contributed by atoms with E-state index in [2.05, 4.69) is 31.1 Å². The number of nitrogens with zero attached hydrogens (tertiary/aromatic N) is 3. The molecule has 2 heterocycles. The van der Waals surface area contributed by atoms with Crippen LogP contribution in [-0.2, 0) is 5.75 Å². The van der Waals surface area contributed by atoms with Gasteiger partial charge in [0.05, 0.1) is 11.3 Å². The van der Waals surface area contributed by atoms with E-state index in [0.29, 0.717) is 16.9 Å². The summed E-state index contributed by atoms with van der Waals surface area (Å²) in [6.45, 7) is 0. The summed E-state index contributed by atoms with van der Waals surface area (Å²) >= 11 is 6.44.